The van der Waals surface area contributed by atoms with Crippen molar-refractivity contribution < 1.29 is 0 Å². The molecular formula is C65H68. The maximum atomic E-state index is 2.52. The second kappa shape index (κ2) is 19.1. The highest BCUT2D eigenvalue weighted by Gasteiger charge is 2.22. The van der Waals surface area contributed by atoms with Crippen molar-refractivity contribution in [1.82, 2.24) is 0 Å². The molecule has 8 aromatic carbocycles. The van der Waals surface area contributed by atoms with Crippen molar-refractivity contribution in [3.63, 3.8) is 0 Å². The number of rotatable bonds is 12. The largest absolute Gasteiger partial charge is 0.0614 e. The van der Waals surface area contributed by atoms with Crippen LogP contribution in [0.1, 0.15) is 114 Å². The summed E-state index contributed by atoms with van der Waals surface area (Å²) in [6, 6.07) is 51.1. The fraction of sp³-hybridized carbons (Fsp3) is 0.262. The van der Waals surface area contributed by atoms with Gasteiger partial charge in [0.1, 0.15) is 0 Å². The standard InChI is InChI=1S/C65H68/c1-13-50-35-48(11)63(65(36-50)57-32-20-26-46(9)62(57)38-61-45(8)25-19-31-56(61)64-34-40(3)33-47(10)51(64)14-2)39-60-44(7)24-18-30-55(60)54-29-17-23-43(6)59(54)37-58-42(5)22-16-28-53(58)52-27-15-21-41(4)49(52)12/h15-36H,13-14,37-39H2,1-12H3. The first kappa shape index (κ1) is 45.3. The van der Waals surface area contributed by atoms with Gasteiger partial charge in [-0.25, -0.2) is 0 Å². The van der Waals surface area contributed by atoms with E-state index in [4.69, 9.17) is 0 Å². The van der Waals surface area contributed by atoms with Gasteiger partial charge in [-0.3, -0.25) is 0 Å². The summed E-state index contributed by atoms with van der Waals surface area (Å²) in [5.74, 6) is 0. The molecule has 328 valence electrons. The van der Waals surface area contributed by atoms with E-state index in [-0.39, 0.29) is 0 Å². The van der Waals surface area contributed by atoms with Crippen molar-refractivity contribution in [2.45, 2.75) is 115 Å². The normalized spacial score (nSPS) is 11.4. The first-order valence-corrected chi connectivity index (χ1v) is 24.0. The van der Waals surface area contributed by atoms with Gasteiger partial charge in [0.15, 0.2) is 0 Å². The molecule has 0 spiro atoms. The Labute approximate surface area is 391 Å². The number of hydrogen-bond donors (Lipinski definition) is 0. The van der Waals surface area contributed by atoms with Crippen molar-refractivity contribution in [3.05, 3.63) is 234 Å². The van der Waals surface area contributed by atoms with Crippen molar-refractivity contribution in [1.29, 1.82) is 0 Å². The molecule has 65 heavy (non-hydrogen) atoms. The van der Waals surface area contributed by atoms with Crippen LogP contribution in [-0.4, -0.2) is 0 Å². The third-order valence-corrected chi connectivity index (χ3v) is 14.8. The predicted molar refractivity (Wildman–Crippen MR) is 282 cm³/mol. The minimum absolute atomic E-state index is 0.851. The molecule has 0 fully saturated rings. The summed E-state index contributed by atoms with van der Waals surface area (Å²) < 4.78 is 0. The average Bonchev–Trinajstić information content (AvgIpc) is 3.28. The zero-order chi connectivity index (χ0) is 46.1. The summed E-state index contributed by atoms with van der Waals surface area (Å²) in [7, 11) is 0. The van der Waals surface area contributed by atoms with E-state index in [0.29, 0.717) is 0 Å². The molecule has 0 aliphatic carbocycles. The first-order chi connectivity index (χ1) is 31.3. The molecule has 0 aliphatic rings. The van der Waals surface area contributed by atoms with Crippen LogP contribution in [0.5, 0.6) is 0 Å². The van der Waals surface area contributed by atoms with E-state index in [1.54, 1.807) is 0 Å². The first-order valence-electron chi connectivity index (χ1n) is 24.0. The van der Waals surface area contributed by atoms with E-state index >= 15 is 0 Å². The maximum absolute atomic E-state index is 2.52. The van der Waals surface area contributed by atoms with Crippen LogP contribution in [0.25, 0.3) is 44.5 Å². The van der Waals surface area contributed by atoms with E-state index < -0.39 is 0 Å². The lowest BCUT2D eigenvalue weighted by molar-refractivity contribution is 1.08. The molecule has 0 saturated heterocycles. The highest BCUT2D eigenvalue weighted by atomic mass is 14.3. The summed E-state index contributed by atoms with van der Waals surface area (Å²) in [5, 5.41) is 0. The fourth-order valence-electron chi connectivity index (χ4n) is 10.8. The van der Waals surface area contributed by atoms with Crippen molar-refractivity contribution in [2.24, 2.45) is 0 Å². The highest BCUT2D eigenvalue weighted by molar-refractivity contribution is 5.81. The Hall–Kier alpha value is -6.24. The van der Waals surface area contributed by atoms with Gasteiger partial charge in [0.05, 0.1) is 0 Å². The van der Waals surface area contributed by atoms with E-state index in [2.05, 4.69) is 217 Å². The minimum atomic E-state index is 0.851. The molecule has 0 saturated carbocycles. The van der Waals surface area contributed by atoms with Crippen LogP contribution in [0.4, 0.5) is 0 Å². The Balaban J connectivity index is 1.27. The summed E-state index contributed by atoms with van der Waals surface area (Å²) in [5.41, 5.74) is 35.6. The van der Waals surface area contributed by atoms with Gasteiger partial charge in [-0.05, 0) is 240 Å². The molecule has 0 N–H and O–H groups in total. The number of aryl methyl sites for hydroxylation is 10. The Kier molecular flexibility index (Phi) is 13.3. The zero-order valence-corrected chi connectivity index (χ0v) is 41.2. The average molecular weight is 849 g/mol. The van der Waals surface area contributed by atoms with Crippen molar-refractivity contribution >= 4 is 0 Å². The summed E-state index contributed by atoms with van der Waals surface area (Å²) in [6.45, 7) is 27.5. The molecule has 0 radical (unpaired) electrons. The second-order valence-electron chi connectivity index (χ2n) is 19.0. The van der Waals surface area contributed by atoms with Crippen LogP contribution in [0, 0.1) is 69.2 Å². The van der Waals surface area contributed by atoms with Crippen LogP contribution in [0.15, 0.2) is 133 Å². The van der Waals surface area contributed by atoms with E-state index in [0.717, 1.165) is 32.1 Å². The Morgan fingerprint density at radius 3 is 0.985 bits per heavy atom. The van der Waals surface area contributed by atoms with Crippen LogP contribution in [0.2, 0.25) is 0 Å². The van der Waals surface area contributed by atoms with E-state index in [9.17, 15) is 0 Å². The van der Waals surface area contributed by atoms with Crippen LogP contribution in [-0.2, 0) is 32.1 Å². The third kappa shape index (κ3) is 8.94. The monoisotopic (exact) mass is 849 g/mol. The molecule has 0 aliphatic heterocycles. The topological polar surface area (TPSA) is 0 Å². The lowest BCUT2D eigenvalue weighted by Gasteiger charge is -2.24. The van der Waals surface area contributed by atoms with Gasteiger partial charge in [0.2, 0.25) is 0 Å². The number of hydrogen-bond acceptors (Lipinski definition) is 0. The Morgan fingerprint density at radius 2 is 0.585 bits per heavy atom. The van der Waals surface area contributed by atoms with Gasteiger partial charge in [-0.15, -0.1) is 0 Å². The third-order valence-electron chi connectivity index (χ3n) is 14.8. The molecule has 0 bridgehead atoms. The molecule has 0 amide bonds. The molecule has 0 unspecified atom stereocenters. The SMILES string of the molecule is CCc1cc(C)c(Cc2c(C)cccc2-c2cccc(C)c2Cc2c(C)cccc2-c2cccc(C)c2C)c(-c2cccc(C)c2Cc2c(C)cccc2-c2cc(C)cc(C)c2CC)c1. The summed E-state index contributed by atoms with van der Waals surface area (Å²) >= 11 is 0. The molecule has 0 heterocycles. The maximum Gasteiger partial charge on any atom is -0.000819 e. The minimum Gasteiger partial charge on any atom is -0.0614 e. The summed E-state index contributed by atoms with van der Waals surface area (Å²) in [4.78, 5) is 0. The molecule has 8 rings (SSSR count). The molecule has 0 heteroatoms. The molecule has 0 aromatic heterocycles. The fourth-order valence-corrected chi connectivity index (χ4v) is 10.8. The molecular weight excluding hydrogens is 781 g/mol. The van der Waals surface area contributed by atoms with Gasteiger partial charge < -0.3 is 0 Å². The highest BCUT2D eigenvalue weighted by Crippen LogP contribution is 2.42. The Morgan fingerprint density at radius 1 is 0.262 bits per heavy atom. The summed E-state index contributed by atoms with van der Waals surface area (Å²) in [6.07, 6.45) is 4.61. The van der Waals surface area contributed by atoms with Crippen molar-refractivity contribution in [3.8, 4) is 44.5 Å². The van der Waals surface area contributed by atoms with Gasteiger partial charge in [-0.1, -0.05) is 153 Å². The van der Waals surface area contributed by atoms with Gasteiger partial charge in [0, 0.05) is 0 Å². The molecule has 0 nitrogen and oxygen atoms in total. The van der Waals surface area contributed by atoms with Crippen LogP contribution in [0.3, 0.4) is 0 Å². The van der Waals surface area contributed by atoms with E-state index in [1.165, 1.54) is 145 Å². The van der Waals surface area contributed by atoms with E-state index in [1.807, 2.05) is 0 Å². The van der Waals surface area contributed by atoms with Crippen LogP contribution < -0.4 is 0 Å². The quantitative estimate of drug-likeness (QED) is 0.115. The molecule has 8 aromatic rings. The van der Waals surface area contributed by atoms with Gasteiger partial charge in [-0.2, -0.15) is 0 Å². The van der Waals surface area contributed by atoms with Crippen LogP contribution >= 0.6 is 0 Å². The smallest absolute Gasteiger partial charge is 0.000819 e. The number of benzene rings is 8. The van der Waals surface area contributed by atoms with Crippen molar-refractivity contribution in [2.75, 3.05) is 0 Å². The zero-order valence-electron chi connectivity index (χ0n) is 41.2. The lowest BCUT2D eigenvalue weighted by Crippen LogP contribution is -2.06. The predicted octanol–water partition coefficient (Wildman–Crippen LogP) is 17.3. The van der Waals surface area contributed by atoms with Gasteiger partial charge in [0.25, 0.3) is 0 Å². The Bertz CT molecular complexity index is 3080. The molecule has 0 atom stereocenters. The van der Waals surface area contributed by atoms with Gasteiger partial charge >= 0.3 is 0 Å². The second-order valence-corrected chi connectivity index (χ2v) is 19.0. The lowest BCUT2D eigenvalue weighted by atomic mass is 9.80.